The number of aromatic nitrogens is 2. The molecule has 0 aromatic carbocycles. The van der Waals surface area contributed by atoms with Gasteiger partial charge in [-0.1, -0.05) is 27.7 Å². The van der Waals surface area contributed by atoms with E-state index in [9.17, 15) is 0 Å². The number of hydrogen-bond donors (Lipinski definition) is 0. The van der Waals surface area contributed by atoms with Gasteiger partial charge in [0.05, 0.1) is 0 Å². The molecule has 0 unspecified atom stereocenters. The predicted molar refractivity (Wildman–Crippen MR) is 73.5 cm³/mol. The number of fused-ring (bicyclic) bond motifs is 1. The molecule has 2 rings (SSSR count). The molecule has 0 aliphatic heterocycles. The van der Waals surface area contributed by atoms with E-state index in [-0.39, 0.29) is 5.41 Å². The minimum absolute atomic E-state index is 0.172. The van der Waals surface area contributed by atoms with Crippen LogP contribution in [0.1, 0.15) is 45.7 Å². The highest BCUT2D eigenvalue weighted by atomic mass is 15.0. The molecule has 17 heavy (non-hydrogen) atoms. The van der Waals surface area contributed by atoms with Crippen molar-refractivity contribution in [2.24, 2.45) is 0 Å². The van der Waals surface area contributed by atoms with Gasteiger partial charge in [0.25, 0.3) is 0 Å². The maximum absolute atomic E-state index is 4.56. The van der Waals surface area contributed by atoms with Crippen LogP contribution < -0.4 is 0 Å². The summed E-state index contributed by atoms with van der Waals surface area (Å²) >= 11 is 0. The summed E-state index contributed by atoms with van der Waals surface area (Å²) in [5.41, 5.74) is 4.13. The van der Waals surface area contributed by atoms with E-state index >= 15 is 0 Å². The van der Waals surface area contributed by atoms with Crippen molar-refractivity contribution in [1.82, 2.24) is 9.55 Å². The largest absolute Gasteiger partial charge is 0.333 e. The number of pyridine rings is 1. The fraction of sp³-hybridized carbons (Fsp3) is 0.533. The maximum Gasteiger partial charge on any atom is 0.140 e. The average molecular weight is 230 g/mol. The topological polar surface area (TPSA) is 17.8 Å². The lowest BCUT2D eigenvalue weighted by molar-refractivity contribution is 0.595. The highest BCUT2D eigenvalue weighted by Gasteiger charge is 2.20. The average Bonchev–Trinajstić information content (AvgIpc) is 2.65. The van der Waals surface area contributed by atoms with Crippen molar-refractivity contribution in [2.75, 3.05) is 0 Å². The van der Waals surface area contributed by atoms with E-state index in [1.807, 2.05) is 6.20 Å². The van der Waals surface area contributed by atoms with Crippen LogP contribution in [0.5, 0.6) is 0 Å². The van der Waals surface area contributed by atoms with Crippen LogP contribution in [-0.4, -0.2) is 9.55 Å². The van der Waals surface area contributed by atoms with Gasteiger partial charge in [0.2, 0.25) is 0 Å². The van der Waals surface area contributed by atoms with Gasteiger partial charge in [-0.2, -0.15) is 0 Å². The first-order valence-electron chi connectivity index (χ1n) is 6.46. The molecule has 0 amide bonds. The third-order valence-corrected chi connectivity index (χ3v) is 3.37. The zero-order valence-electron chi connectivity index (χ0n) is 11.5. The minimum Gasteiger partial charge on any atom is -0.333 e. The summed E-state index contributed by atoms with van der Waals surface area (Å²) < 4.78 is 2.25. The summed E-state index contributed by atoms with van der Waals surface area (Å²) in [5.74, 6) is 0. The first kappa shape index (κ1) is 12.2. The lowest BCUT2D eigenvalue weighted by Crippen LogP contribution is -2.12. The van der Waals surface area contributed by atoms with E-state index < -0.39 is 0 Å². The first-order valence-corrected chi connectivity index (χ1v) is 6.46. The number of nitrogens with zero attached hydrogens (tertiary/aromatic N) is 2. The van der Waals surface area contributed by atoms with Gasteiger partial charge in [-0.05, 0) is 36.0 Å². The number of hydrogen-bond acceptors (Lipinski definition) is 1. The Hall–Kier alpha value is -1.31. The van der Waals surface area contributed by atoms with E-state index in [0.29, 0.717) is 0 Å². The Labute approximate surface area is 104 Å². The van der Waals surface area contributed by atoms with E-state index in [4.69, 9.17) is 0 Å². The van der Waals surface area contributed by atoms with Crippen LogP contribution in [0.25, 0.3) is 11.0 Å². The molecule has 2 heterocycles. The second-order valence-corrected chi connectivity index (χ2v) is 5.60. The molecule has 0 atom stereocenters. The second-order valence-electron chi connectivity index (χ2n) is 5.60. The molecule has 0 aliphatic carbocycles. The Morgan fingerprint density at radius 2 is 1.94 bits per heavy atom. The van der Waals surface area contributed by atoms with Gasteiger partial charge in [0.1, 0.15) is 5.65 Å². The van der Waals surface area contributed by atoms with Crippen molar-refractivity contribution >= 4 is 11.0 Å². The van der Waals surface area contributed by atoms with Gasteiger partial charge in [0.15, 0.2) is 0 Å². The summed E-state index contributed by atoms with van der Waals surface area (Å²) in [6.07, 6.45) is 5.26. The lowest BCUT2D eigenvalue weighted by atomic mass is 9.84. The van der Waals surface area contributed by atoms with Crippen LogP contribution in [0.3, 0.4) is 0 Å². The normalized spacial score (nSPS) is 12.3. The van der Waals surface area contributed by atoms with E-state index in [2.05, 4.69) is 56.4 Å². The van der Waals surface area contributed by atoms with E-state index in [1.165, 1.54) is 16.5 Å². The molecule has 2 aromatic rings. The van der Waals surface area contributed by atoms with Gasteiger partial charge >= 0.3 is 0 Å². The predicted octanol–water partition coefficient (Wildman–Crippen LogP) is 3.92. The lowest BCUT2D eigenvalue weighted by Gasteiger charge is -2.20. The summed E-state index contributed by atoms with van der Waals surface area (Å²) in [6.45, 7) is 12.2. The van der Waals surface area contributed by atoms with Crippen LogP contribution in [0.15, 0.2) is 18.5 Å². The number of rotatable bonds is 2. The van der Waals surface area contributed by atoms with Crippen molar-refractivity contribution < 1.29 is 0 Å². The van der Waals surface area contributed by atoms with Gasteiger partial charge in [-0.3, -0.25) is 0 Å². The molecule has 0 aliphatic rings. The van der Waals surface area contributed by atoms with E-state index in [1.54, 1.807) is 0 Å². The zero-order chi connectivity index (χ0) is 12.6. The van der Waals surface area contributed by atoms with Crippen LogP contribution >= 0.6 is 0 Å². The third-order valence-electron chi connectivity index (χ3n) is 3.37. The van der Waals surface area contributed by atoms with Gasteiger partial charge < -0.3 is 4.57 Å². The molecular weight excluding hydrogens is 208 g/mol. The monoisotopic (exact) mass is 230 g/mol. The van der Waals surface area contributed by atoms with Gasteiger partial charge in [-0.15, -0.1) is 0 Å². The van der Waals surface area contributed by atoms with Crippen molar-refractivity contribution in [3.05, 3.63) is 29.6 Å². The molecule has 0 saturated heterocycles. The summed E-state index contributed by atoms with van der Waals surface area (Å²) in [7, 11) is 0. The Morgan fingerprint density at radius 1 is 1.24 bits per heavy atom. The van der Waals surface area contributed by atoms with Gasteiger partial charge in [0, 0.05) is 24.3 Å². The van der Waals surface area contributed by atoms with Crippen LogP contribution in [0, 0.1) is 0 Å². The van der Waals surface area contributed by atoms with Crippen LogP contribution in [0.2, 0.25) is 0 Å². The van der Waals surface area contributed by atoms with Crippen molar-refractivity contribution in [2.45, 2.75) is 53.0 Å². The molecule has 0 N–H and O–H groups in total. The summed E-state index contributed by atoms with van der Waals surface area (Å²) in [6, 6.07) is 2.17. The first-order chi connectivity index (χ1) is 7.99. The molecule has 0 saturated carbocycles. The summed E-state index contributed by atoms with van der Waals surface area (Å²) in [4.78, 5) is 4.56. The smallest absolute Gasteiger partial charge is 0.140 e. The molecule has 0 fully saturated rings. The molecule has 0 spiro atoms. The molecule has 92 valence electrons. The number of aryl methyl sites for hydroxylation is 2. The molecule has 0 bridgehead atoms. The standard InChI is InChI=1S/C15H22N2/c1-6-11-10-17(7-2)14-13(11)12(8-9-16-14)15(3,4)5/h8-10H,6-7H2,1-5H3. The molecule has 2 heteroatoms. The Balaban J connectivity index is 2.83. The molecule has 2 aromatic heterocycles. The molecule has 2 nitrogen and oxygen atoms in total. The Bertz CT molecular complexity index is 530. The van der Waals surface area contributed by atoms with Crippen molar-refractivity contribution in [1.29, 1.82) is 0 Å². The van der Waals surface area contributed by atoms with E-state index in [0.717, 1.165) is 18.6 Å². The zero-order valence-corrected chi connectivity index (χ0v) is 11.5. The molecule has 0 radical (unpaired) electrons. The quantitative estimate of drug-likeness (QED) is 0.764. The fourth-order valence-corrected chi connectivity index (χ4v) is 2.43. The van der Waals surface area contributed by atoms with Gasteiger partial charge in [-0.25, -0.2) is 4.98 Å². The van der Waals surface area contributed by atoms with Crippen molar-refractivity contribution in [3.8, 4) is 0 Å². The third kappa shape index (κ3) is 1.97. The summed E-state index contributed by atoms with van der Waals surface area (Å²) in [5, 5.41) is 1.37. The maximum atomic E-state index is 4.56. The van der Waals surface area contributed by atoms with Crippen LogP contribution in [-0.2, 0) is 18.4 Å². The highest BCUT2D eigenvalue weighted by molar-refractivity contribution is 5.85. The second kappa shape index (κ2) is 4.17. The SMILES string of the molecule is CCc1cn(CC)c2nccc(C(C)(C)C)c12. The van der Waals surface area contributed by atoms with Crippen LogP contribution in [0.4, 0.5) is 0 Å². The Morgan fingerprint density at radius 3 is 2.47 bits per heavy atom. The minimum atomic E-state index is 0.172. The Kier molecular flexibility index (Phi) is 2.98. The highest BCUT2D eigenvalue weighted by Crippen LogP contribution is 2.32. The fourth-order valence-electron chi connectivity index (χ4n) is 2.43. The molecular formula is C15H22N2. The van der Waals surface area contributed by atoms with Crippen molar-refractivity contribution in [3.63, 3.8) is 0 Å².